The number of nitrogens with one attached hydrogen (secondary N) is 1. The number of carbonyl (C=O) groups is 2. The van der Waals surface area contributed by atoms with Crippen LogP contribution >= 0.6 is 0 Å². The van der Waals surface area contributed by atoms with Gasteiger partial charge in [-0.05, 0) is 45.6 Å². The topological polar surface area (TPSA) is 89.5 Å². The summed E-state index contributed by atoms with van der Waals surface area (Å²) in [7, 11) is 3.73. The predicted molar refractivity (Wildman–Crippen MR) is 102 cm³/mol. The first-order valence-electron chi connectivity index (χ1n) is 8.93. The van der Waals surface area contributed by atoms with Gasteiger partial charge in [-0.15, -0.1) is 0 Å². The van der Waals surface area contributed by atoms with Gasteiger partial charge in [0.2, 0.25) is 0 Å². The number of H-pyrrole nitrogens is 1. The maximum absolute atomic E-state index is 13.4. The zero-order chi connectivity index (χ0) is 20.6. The van der Waals surface area contributed by atoms with Gasteiger partial charge in [-0.3, -0.25) is 14.7 Å². The summed E-state index contributed by atoms with van der Waals surface area (Å²) in [6.07, 6.45) is 0. The number of likely N-dealkylation sites (N-methyl/N-ethyl adjacent to an activating group) is 1. The van der Waals surface area contributed by atoms with E-state index >= 15 is 0 Å². The summed E-state index contributed by atoms with van der Waals surface area (Å²) in [6, 6.07) is 4.80. The van der Waals surface area contributed by atoms with E-state index in [0.29, 0.717) is 35.6 Å². The van der Waals surface area contributed by atoms with Crippen LogP contribution in [-0.2, 0) is 9.59 Å². The molecule has 1 aromatic carbocycles. The van der Waals surface area contributed by atoms with Crippen molar-refractivity contribution in [2.45, 2.75) is 19.9 Å². The smallest absolute Gasteiger partial charge is 0.295 e. The molecular formula is C20H23FN4O3. The van der Waals surface area contributed by atoms with Gasteiger partial charge in [0.25, 0.3) is 11.7 Å². The third kappa shape index (κ3) is 3.43. The minimum Gasteiger partial charge on any atom is -0.507 e. The summed E-state index contributed by atoms with van der Waals surface area (Å²) in [5, 5.41) is 17.8. The lowest BCUT2D eigenvalue weighted by Gasteiger charge is -2.26. The van der Waals surface area contributed by atoms with Crippen LogP contribution in [0.25, 0.3) is 5.76 Å². The molecule has 1 saturated heterocycles. The van der Waals surface area contributed by atoms with Gasteiger partial charge in [-0.2, -0.15) is 5.10 Å². The fourth-order valence-corrected chi connectivity index (χ4v) is 3.44. The van der Waals surface area contributed by atoms with Crippen molar-refractivity contribution in [3.63, 3.8) is 0 Å². The maximum Gasteiger partial charge on any atom is 0.295 e. The highest BCUT2D eigenvalue weighted by Crippen LogP contribution is 2.40. The van der Waals surface area contributed by atoms with E-state index in [9.17, 15) is 19.1 Å². The van der Waals surface area contributed by atoms with Gasteiger partial charge in [-0.25, -0.2) is 4.39 Å². The summed E-state index contributed by atoms with van der Waals surface area (Å²) in [5.74, 6) is -2.14. The molecule has 0 radical (unpaired) electrons. The van der Waals surface area contributed by atoms with Crippen molar-refractivity contribution >= 4 is 17.4 Å². The van der Waals surface area contributed by atoms with Crippen molar-refractivity contribution in [3.8, 4) is 0 Å². The van der Waals surface area contributed by atoms with Crippen LogP contribution in [0.3, 0.4) is 0 Å². The summed E-state index contributed by atoms with van der Waals surface area (Å²) >= 11 is 0. The van der Waals surface area contributed by atoms with E-state index in [1.807, 2.05) is 19.0 Å². The molecule has 0 bridgehead atoms. The SMILES string of the molecule is Cc1n[nH]c(C)c1/C(O)=C1\C(=O)C(=O)N(CCN(C)C)[C@@H]1c1ccc(F)cc1. The highest BCUT2D eigenvalue weighted by atomic mass is 19.1. The van der Waals surface area contributed by atoms with Crippen LogP contribution in [0, 0.1) is 19.7 Å². The first-order valence-corrected chi connectivity index (χ1v) is 8.93. The lowest BCUT2D eigenvalue weighted by atomic mass is 9.94. The van der Waals surface area contributed by atoms with Crippen molar-refractivity contribution in [3.05, 3.63) is 58.2 Å². The molecule has 2 aromatic rings. The molecule has 3 rings (SSSR count). The van der Waals surface area contributed by atoms with Crippen LogP contribution in [0.2, 0.25) is 0 Å². The van der Waals surface area contributed by atoms with Gasteiger partial charge in [0, 0.05) is 18.8 Å². The molecule has 8 heteroatoms. The largest absolute Gasteiger partial charge is 0.507 e. The Morgan fingerprint density at radius 3 is 2.43 bits per heavy atom. The average molecular weight is 386 g/mol. The number of aryl methyl sites for hydroxylation is 2. The summed E-state index contributed by atoms with van der Waals surface area (Å²) in [6.45, 7) is 4.26. The van der Waals surface area contributed by atoms with Crippen molar-refractivity contribution in [2.75, 3.05) is 27.2 Å². The molecule has 1 aliphatic rings. The van der Waals surface area contributed by atoms with E-state index in [2.05, 4.69) is 10.2 Å². The number of benzene rings is 1. The standard InChI is InChI=1S/C20H23FN4O3/c1-11-15(12(2)23-22-11)18(26)16-17(13-5-7-14(21)8-6-13)25(10-9-24(3)4)20(28)19(16)27/h5-8,17,26H,9-10H2,1-4H3,(H,22,23)/b18-16+/t17-/m1/s1. The number of halogens is 1. The number of nitrogens with zero attached hydrogens (tertiary/aromatic N) is 3. The number of hydrogen-bond donors (Lipinski definition) is 2. The van der Waals surface area contributed by atoms with E-state index in [0.717, 1.165) is 0 Å². The van der Waals surface area contributed by atoms with Crippen molar-refractivity contribution < 1.29 is 19.1 Å². The quantitative estimate of drug-likeness (QED) is 0.467. The molecule has 7 nitrogen and oxygen atoms in total. The lowest BCUT2D eigenvalue weighted by Crippen LogP contribution is -2.35. The van der Waals surface area contributed by atoms with Gasteiger partial charge in [0.1, 0.15) is 11.6 Å². The molecule has 1 aromatic heterocycles. The number of aromatic nitrogens is 2. The highest BCUT2D eigenvalue weighted by Gasteiger charge is 2.46. The normalized spacial score (nSPS) is 19.1. The molecule has 0 spiro atoms. The number of rotatable bonds is 5. The third-order valence-electron chi connectivity index (χ3n) is 4.88. The van der Waals surface area contributed by atoms with Crippen molar-refractivity contribution in [2.24, 2.45) is 0 Å². The van der Waals surface area contributed by atoms with Gasteiger partial charge >= 0.3 is 0 Å². The molecule has 0 aliphatic carbocycles. The van der Waals surface area contributed by atoms with E-state index < -0.39 is 23.5 Å². The Hall–Kier alpha value is -3.00. The summed E-state index contributed by atoms with van der Waals surface area (Å²) < 4.78 is 13.4. The fourth-order valence-electron chi connectivity index (χ4n) is 3.44. The van der Waals surface area contributed by atoms with Gasteiger partial charge in [0.15, 0.2) is 0 Å². The first kappa shape index (κ1) is 19.8. The second-order valence-electron chi connectivity index (χ2n) is 7.16. The third-order valence-corrected chi connectivity index (χ3v) is 4.88. The number of ketones is 1. The highest BCUT2D eigenvalue weighted by molar-refractivity contribution is 6.46. The molecule has 1 atom stereocenters. The number of amides is 1. The van der Waals surface area contributed by atoms with E-state index in [1.54, 1.807) is 13.8 Å². The first-order chi connectivity index (χ1) is 13.2. The Kier molecular flexibility index (Phi) is 5.33. The van der Waals surface area contributed by atoms with Crippen LogP contribution in [0.1, 0.15) is 28.6 Å². The zero-order valence-corrected chi connectivity index (χ0v) is 16.3. The minimum absolute atomic E-state index is 0.0111. The number of likely N-dealkylation sites (tertiary alicyclic amines) is 1. The molecule has 0 saturated carbocycles. The summed E-state index contributed by atoms with van der Waals surface area (Å²) in [4.78, 5) is 28.9. The number of aliphatic hydroxyl groups excluding tert-OH is 1. The van der Waals surface area contributed by atoms with E-state index in [1.165, 1.54) is 29.2 Å². The molecule has 1 aliphatic heterocycles. The van der Waals surface area contributed by atoms with Gasteiger partial charge in [-0.1, -0.05) is 12.1 Å². The van der Waals surface area contributed by atoms with E-state index in [-0.39, 0.29) is 11.3 Å². The number of hydrogen-bond acceptors (Lipinski definition) is 5. The maximum atomic E-state index is 13.4. The van der Waals surface area contributed by atoms with Crippen molar-refractivity contribution in [1.29, 1.82) is 0 Å². The Balaban J connectivity index is 2.18. The molecular weight excluding hydrogens is 363 g/mol. The predicted octanol–water partition coefficient (Wildman–Crippen LogP) is 2.15. The summed E-state index contributed by atoms with van der Waals surface area (Å²) in [5.41, 5.74) is 2.06. The second-order valence-corrected chi connectivity index (χ2v) is 7.16. The average Bonchev–Trinajstić information content (AvgIpc) is 3.10. The van der Waals surface area contributed by atoms with Crippen molar-refractivity contribution in [1.82, 2.24) is 20.0 Å². The molecule has 1 amide bonds. The molecule has 148 valence electrons. The number of Topliss-reactive ketones (excluding diaryl/α,β-unsaturated/α-hetero) is 1. The molecule has 0 unspecified atom stereocenters. The Labute approximate surface area is 162 Å². The molecule has 2 heterocycles. The van der Waals surface area contributed by atoms with Crippen LogP contribution in [0.5, 0.6) is 0 Å². The van der Waals surface area contributed by atoms with Gasteiger partial charge in [0.05, 0.1) is 22.9 Å². The van der Waals surface area contributed by atoms with Gasteiger partial charge < -0.3 is 14.9 Å². The Bertz CT molecular complexity index is 927. The number of aliphatic hydroxyl groups is 1. The Morgan fingerprint density at radius 2 is 1.89 bits per heavy atom. The molecule has 1 fully saturated rings. The van der Waals surface area contributed by atoms with Crippen LogP contribution in [-0.4, -0.2) is 64.0 Å². The fraction of sp³-hybridized carbons (Fsp3) is 0.350. The second kappa shape index (κ2) is 7.55. The Morgan fingerprint density at radius 1 is 1.25 bits per heavy atom. The van der Waals surface area contributed by atoms with Crippen LogP contribution < -0.4 is 0 Å². The van der Waals surface area contributed by atoms with Crippen LogP contribution in [0.4, 0.5) is 4.39 Å². The van der Waals surface area contributed by atoms with Crippen LogP contribution in [0.15, 0.2) is 29.8 Å². The number of carbonyl (C=O) groups excluding carboxylic acids is 2. The molecule has 2 N–H and O–H groups in total. The monoisotopic (exact) mass is 386 g/mol. The molecule has 28 heavy (non-hydrogen) atoms. The zero-order valence-electron chi connectivity index (χ0n) is 16.3. The van der Waals surface area contributed by atoms with E-state index in [4.69, 9.17) is 0 Å². The number of aromatic amines is 1. The lowest BCUT2D eigenvalue weighted by molar-refractivity contribution is -0.140. The minimum atomic E-state index is -0.797.